The first-order chi connectivity index (χ1) is 7.79. The van der Waals surface area contributed by atoms with Crippen LogP contribution in [0.4, 0.5) is 5.69 Å². The minimum absolute atomic E-state index is 0.0304. The van der Waals surface area contributed by atoms with E-state index in [1.165, 1.54) is 0 Å². The summed E-state index contributed by atoms with van der Waals surface area (Å²) >= 11 is 3.40. The summed E-state index contributed by atoms with van der Waals surface area (Å²) in [5.41, 5.74) is 0.779. The van der Waals surface area contributed by atoms with Crippen LogP contribution in [0.15, 0.2) is 28.7 Å². The molecule has 1 aromatic rings. The number of para-hydroxylation sites is 1. The van der Waals surface area contributed by atoms with Gasteiger partial charge in [-0.15, -0.1) is 0 Å². The van der Waals surface area contributed by atoms with E-state index in [1.54, 1.807) is 0 Å². The van der Waals surface area contributed by atoms with E-state index in [2.05, 4.69) is 21.2 Å². The van der Waals surface area contributed by atoms with Gasteiger partial charge in [0, 0.05) is 10.2 Å². The molecule has 0 amide bonds. The Bertz CT molecular complexity index is 399. The van der Waals surface area contributed by atoms with Gasteiger partial charge in [0.1, 0.15) is 6.04 Å². The van der Waals surface area contributed by atoms with Gasteiger partial charge in [-0.2, -0.15) is 0 Å². The lowest BCUT2D eigenvalue weighted by Crippen LogP contribution is -2.33. The van der Waals surface area contributed by atoms with E-state index in [9.17, 15) is 9.90 Å². The summed E-state index contributed by atoms with van der Waals surface area (Å²) in [5, 5.41) is 12.3. The molecule has 1 atom stereocenters. The molecule has 1 aromatic carbocycles. The average molecular weight is 300 g/mol. The number of hydrogen-bond acceptors (Lipinski definition) is 2. The van der Waals surface area contributed by atoms with Crippen molar-refractivity contribution in [3.05, 3.63) is 28.7 Å². The summed E-state index contributed by atoms with van der Waals surface area (Å²) in [4.78, 5) is 11.2. The predicted octanol–water partition coefficient (Wildman–Crippen LogP) is 3.75. The molecule has 0 bridgehead atoms. The normalized spacial score (nSPS) is 13.2. The first kappa shape index (κ1) is 14.0. The molecule has 0 aliphatic rings. The Kier molecular flexibility index (Phi) is 4.57. The van der Waals surface area contributed by atoms with Crippen LogP contribution in [0.25, 0.3) is 0 Å². The molecule has 0 radical (unpaired) electrons. The van der Waals surface area contributed by atoms with Crippen LogP contribution in [-0.4, -0.2) is 17.1 Å². The molecule has 0 heterocycles. The molecule has 0 saturated heterocycles. The molecule has 3 nitrogen and oxygen atoms in total. The van der Waals surface area contributed by atoms with Gasteiger partial charge in [0.2, 0.25) is 0 Å². The predicted molar refractivity (Wildman–Crippen MR) is 73.3 cm³/mol. The summed E-state index contributed by atoms with van der Waals surface area (Å²) in [5.74, 6) is -0.823. The van der Waals surface area contributed by atoms with E-state index in [0.717, 1.165) is 10.2 Å². The number of aliphatic carboxylic acids is 1. The van der Waals surface area contributed by atoms with Crippen LogP contribution in [0.3, 0.4) is 0 Å². The highest BCUT2D eigenvalue weighted by atomic mass is 79.9. The monoisotopic (exact) mass is 299 g/mol. The van der Waals surface area contributed by atoms with Gasteiger partial charge in [0.15, 0.2) is 0 Å². The Morgan fingerprint density at radius 1 is 1.41 bits per heavy atom. The van der Waals surface area contributed by atoms with Crippen LogP contribution in [0.5, 0.6) is 0 Å². The topological polar surface area (TPSA) is 49.3 Å². The van der Waals surface area contributed by atoms with Gasteiger partial charge in [-0.3, -0.25) is 0 Å². The summed E-state index contributed by atoms with van der Waals surface area (Å²) in [6.07, 6.45) is 0.573. The van der Waals surface area contributed by atoms with Gasteiger partial charge in [-0.1, -0.05) is 32.9 Å². The van der Waals surface area contributed by atoms with Gasteiger partial charge >= 0.3 is 5.97 Å². The Balaban J connectivity index is 2.81. The van der Waals surface area contributed by atoms with Crippen molar-refractivity contribution < 1.29 is 9.90 Å². The largest absolute Gasteiger partial charge is 0.480 e. The highest BCUT2D eigenvalue weighted by Gasteiger charge is 2.24. The number of carboxylic acids is 1. The molecule has 2 N–H and O–H groups in total. The van der Waals surface area contributed by atoms with Crippen LogP contribution >= 0.6 is 15.9 Å². The van der Waals surface area contributed by atoms with E-state index in [4.69, 9.17) is 0 Å². The van der Waals surface area contributed by atoms with Gasteiger partial charge < -0.3 is 10.4 Å². The zero-order valence-corrected chi connectivity index (χ0v) is 11.9. The summed E-state index contributed by atoms with van der Waals surface area (Å²) in [7, 11) is 0. The van der Waals surface area contributed by atoms with Crippen LogP contribution in [0, 0.1) is 5.41 Å². The van der Waals surface area contributed by atoms with Crippen molar-refractivity contribution in [2.24, 2.45) is 5.41 Å². The molecule has 0 aliphatic carbocycles. The van der Waals surface area contributed by atoms with E-state index in [0.29, 0.717) is 6.42 Å². The lowest BCUT2D eigenvalue weighted by molar-refractivity contribution is -0.138. The van der Waals surface area contributed by atoms with Crippen molar-refractivity contribution in [1.82, 2.24) is 0 Å². The molecular weight excluding hydrogens is 282 g/mol. The SMILES string of the molecule is CC(C)(C)CC(Nc1ccccc1Br)C(=O)O. The third-order valence-corrected chi connectivity index (χ3v) is 3.01. The van der Waals surface area contributed by atoms with Crippen molar-refractivity contribution >= 4 is 27.6 Å². The molecule has 0 aromatic heterocycles. The van der Waals surface area contributed by atoms with E-state index >= 15 is 0 Å². The number of hydrogen-bond donors (Lipinski definition) is 2. The molecule has 1 unspecified atom stereocenters. The summed E-state index contributed by atoms with van der Waals surface area (Å²) in [6.45, 7) is 6.10. The minimum atomic E-state index is -0.823. The maximum absolute atomic E-state index is 11.2. The number of anilines is 1. The maximum Gasteiger partial charge on any atom is 0.326 e. The van der Waals surface area contributed by atoms with Crippen molar-refractivity contribution in [2.75, 3.05) is 5.32 Å². The molecule has 0 aliphatic heterocycles. The number of carboxylic acid groups (broad SMARTS) is 1. The second-order valence-electron chi connectivity index (χ2n) is 5.28. The molecular formula is C13H18BrNO2. The van der Waals surface area contributed by atoms with Crippen molar-refractivity contribution in [2.45, 2.75) is 33.2 Å². The third kappa shape index (κ3) is 4.77. The fourth-order valence-electron chi connectivity index (χ4n) is 1.58. The van der Waals surface area contributed by atoms with E-state index < -0.39 is 12.0 Å². The highest BCUT2D eigenvalue weighted by Crippen LogP contribution is 2.26. The molecule has 4 heteroatoms. The molecule has 17 heavy (non-hydrogen) atoms. The maximum atomic E-state index is 11.2. The molecule has 0 saturated carbocycles. The van der Waals surface area contributed by atoms with Gasteiger partial charge in [-0.05, 0) is 39.9 Å². The van der Waals surface area contributed by atoms with Gasteiger partial charge in [0.05, 0.1) is 0 Å². The lowest BCUT2D eigenvalue weighted by atomic mass is 9.88. The number of halogens is 1. The first-order valence-corrected chi connectivity index (χ1v) is 6.33. The Morgan fingerprint density at radius 3 is 2.47 bits per heavy atom. The van der Waals surface area contributed by atoms with Crippen LogP contribution in [0.1, 0.15) is 27.2 Å². The third-order valence-electron chi connectivity index (χ3n) is 2.32. The Morgan fingerprint density at radius 2 is 2.00 bits per heavy atom. The van der Waals surface area contributed by atoms with Crippen molar-refractivity contribution in [1.29, 1.82) is 0 Å². The zero-order valence-electron chi connectivity index (χ0n) is 10.3. The molecule has 0 spiro atoms. The number of benzene rings is 1. The molecule has 94 valence electrons. The average Bonchev–Trinajstić information content (AvgIpc) is 2.18. The fraction of sp³-hybridized carbons (Fsp3) is 0.462. The van der Waals surface area contributed by atoms with Crippen LogP contribution in [-0.2, 0) is 4.79 Å². The van der Waals surface area contributed by atoms with Crippen LogP contribution < -0.4 is 5.32 Å². The van der Waals surface area contributed by atoms with E-state index in [1.807, 2.05) is 45.0 Å². The van der Waals surface area contributed by atoms with Gasteiger partial charge in [-0.25, -0.2) is 4.79 Å². The fourth-order valence-corrected chi connectivity index (χ4v) is 1.98. The molecule has 0 fully saturated rings. The number of carbonyl (C=O) groups is 1. The second-order valence-corrected chi connectivity index (χ2v) is 6.13. The quantitative estimate of drug-likeness (QED) is 0.890. The zero-order chi connectivity index (χ0) is 13.1. The van der Waals surface area contributed by atoms with Crippen molar-refractivity contribution in [3.8, 4) is 0 Å². The van der Waals surface area contributed by atoms with E-state index in [-0.39, 0.29) is 5.41 Å². The standard InChI is InChI=1S/C13H18BrNO2/c1-13(2,3)8-11(12(16)17)15-10-7-5-4-6-9(10)14/h4-7,11,15H,8H2,1-3H3,(H,16,17). The molecule has 1 rings (SSSR count). The number of rotatable bonds is 4. The lowest BCUT2D eigenvalue weighted by Gasteiger charge is -2.25. The number of nitrogens with one attached hydrogen (secondary N) is 1. The summed E-state index contributed by atoms with van der Waals surface area (Å²) < 4.78 is 0.875. The first-order valence-electron chi connectivity index (χ1n) is 5.53. The van der Waals surface area contributed by atoms with Crippen molar-refractivity contribution in [3.63, 3.8) is 0 Å². The minimum Gasteiger partial charge on any atom is -0.480 e. The van der Waals surface area contributed by atoms with Gasteiger partial charge in [0.25, 0.3) is 0 Å². The Labute approximate surface area is 110 Å². The highest BCUT2D eigenvalue weighted by molar-refractivity contribution is 9.10. The summed E-state index contributed by atoms with van der Waals surface area (Å²) in [6, 6.07) is 6.95. The Hall–Kier alpha value is -1.03. The second kappa shape index (κ2) is 5.54. The van der Waals surface area contributed by atoms with Crippen LogP contribution in [0.2, 0.25) is 0 Å². The smallest absolute Gasteiger partial charge is 0.326 e.